The van der Waals surface area contributed by atoms with Crippen molar-refractivity contribution in [2.24, 2.45) is 0 Å². The summed E-state index contributed by atoms with van der Waals surface area (Å²) < 4.78 is 10.4. The van der Waals surface area contributed by atoms with E-state index in [1.54, 1.807) is 38.4 Å². The maximum absolute atomic E-state index is 12.6. The SMILES string of the molecule is CCOC(=O)c1c(-c2ccc(OC)cc2)csc1NC(=O)c1ccccn1. The van der Waals surface area contributed by atoms with Crippen LogP contribution < -0.4 is 10.1 Å². The third-order valence-electron chi connectivity index (χ3n) is 3.80. The zero-order chi connectivity index (χ0) is 19.2. The van der Waals surface area contributed by atoms with Crippen LogP contribution in [-0.2, 0) is 4.74 Å². The largest absolute Gasteiger partial charge is 0.497 e. The molecule has 3 rings (SSSR count). The molecule has 6 nitrogen and oxygen atoms in total. The molecular weight excluding hydrogens is 364 g/mol. The first-order valence-corrected chi connectivity index (χ1v) is 9.17. The summed E-state index contributed by atoms with van der Waals surface area (Å²) in [6.07, 6.45) is 1.54. The zero-order valence-electron chi connectivity index (χ0n) is 14.9. The Kier molecular flexibility index (Phi) is 5.83. The second-order valence-corrected chi connectivity index (χ2v) is 6.35. The van der Waals surface area contributed by atoms with Crippen molar-refractivity contribution in [2.75, 3.05) is 19.0 Å². The molecule has 138 valence electrons. The second kappa shape index (κ2) is 8.46. The molecular formula is C20H18N2O4S. The monoisotopic (exact) mass is 382 g/mol. The fraction of sp³-hybridized carbons (Fsp3) is 0.150. The molecule has 2 heterocycles. The smallest absolute Gasteiger partial charge is 0.341 e. The average Bonchev–Trinajstić information content (AvgIpc) is 3.12. The highest BCUT2D eigenvalue weighted by Crippen LogP contribution is 2.37. The molecule has 1 N–H and O–H groups in total. The molecule has 7 heteroatoms. The van der Waals surface area contributed by atoms with E-state index in [1.807, 2.05) is 29.6 Å². The number of methoxy groups -OCH3 is 1. The van der Waals surface area contributed by atoms with Crippen LogP contribution in [0, 0.1) is 0 Å². The number of carbonyl (C=O) groups excluding carboxylic acids is 2. The lowest BCUT2D eigenvalue weighted by molar-refractivity contribution is 0.0529. The number of nitrogens with zero attached hydrogens (tertiary/aromatic N) is 1. The Morgan fingerprint density at radius 3 is 2.56 bits per heavy atom. The molecule has 0 fully saturated rings. The van der Waals surface area contributed by atoms with Gasteiger partial charge in [-0.3, -0.25) is 9.78 Å². The Bertz CT molecular complexity index is 936. The van der Waals surface area contributed by atoms with Crippen molar-refractivity contribution in [2.45, 2.75) is 6.92 Å². The molecule has 0 saturated carbocycles. The number of pyridine rings is 1. The molecule has 0 saturated heterocycles. The van der Waals surface area contributed by atoms with Crippen molar-refractivity contribution >= 4 is 28.2 Å². The van der Waals surface area contributed by atoms with Gasteiger partial charge in [0.2, 0.25) is 0 Å². The summed E-state index contributed by atoms with van der Waals surface area (Å²) in [5, 5.41) is 5.02. The summed E-state index contributed by atoms with van der Waals surface area (Å²) in [6, 6.07) is 12.4. The van der Waals surface area contributed by atoms with Crippen LogP contribution >= 0.6 is 11.3 Å². The molecule has 0 atom stereocenters. The number of nitrogens with one attached hydrogen (secondary N) is 1. The minimum atomic E-state index is -0.485. The lowest BCUT2D eigenvalue weighted by atomic mass is 10.0. The molecule has 0 aliphatic heterocycles. The van der Waals surface area contributed by atoms with Gasteiger partial charge in [0.05, 0.1) is 13.7 Å². The first kappa shape index (κ1) is 18.6. The Balaban J connectivity index is 1.97. The Labute approximate surface area is 160 Å². The molecule has 0 aliphatic rings. The Morgan fingerprint density at radius 1 is 1.15 bits per heavy atom. The maximum atomic E-state index is 12.6. The van der Waals surface area contributed by atoms with Gasteiger partial charge in [0.25, 0.3) is 5.91 Å². The summed E-state index contributed by atoms with van der Waals surface area (Å²) >= 11 is 1.27. The maximum Gasteiger partial charge on any atom is 0.341 e. The molecule has 0 aliphatic carbocycles. The number of hydrogen-bond acceptors (Lipinski definition) is 6. The van der Waals surface area contributed by atoms with Gasteiger partial charge in [-0.25, -0.2) is 4.79 Å². The highest BCUT2D eigenvalue weighted by molar-refractivity contribution is 7.15. The summed E-state index contributed by atoms with van der Waals surface area (Å²) in [7, 11) is 1.59. The van der Waals surface area contributed by atoms with Crippen LogP contribution in [0.5, 0.6) is 5.75 Å². The van der Waals surface area contributed by atoms with Gasteiger partial charge in [0.1, 0.15) is 22.0 Å². The molecule has 0 unspecified atom stereocenters. The third-order valence-corrected chi connectivity index (χ3v) is 4.69. The molecule has 1 aromatic carbocycles. The van der Waals surface area contributed by atoms with Crippen molar-refractivity contribution in [3.63, 3.8) is 0 Å². The molecule has 27 heavy (non-hydrogen) atoms. The highest BCUT2D eigenvalue weighted by atomic mass is 32.1. The lowest BCUT2D eigenvalue weighted by Crippen LogP contribution is -2.15. The van der Waals surface area contributed by atoms with Gasteiger partial charge < -0.3 is 14.8 Å². The first-order chi connectivity index (χ1) is 13.1. The van der Waals surface area contributed by atoms with E-state index in [1.165, 1.54) is 11.3 Å². The number of amides is 1. The molecule has 0 bridgehead atoms. The van der Waals surface area contributed by atoms with Crippen LogP contribution in [-0.4, -0.2) is 30.6 Å². The normalized spacial score (nSPS) is 10.3. The van der Waals surface area contributed by atoms with E-state index in [9.17, 15) is 9.59 Å². The average molecular weight is 382 g/mol. The first-order valence-electron chi connectivity index (χ1n) is 8.29. The number of thiophene rings is 1. The number of carbonyl (C=O) groups is 2. The van der Waals surface area contributed by atoms with Crippen LogP contribution in [0.2, 0.25) is 0 Å². The number of aromatic nitrogens is 1. The third kappa shape index (κ3) is 4.15. The standard InChI is InChI=1S/C20H18N2O4S/c1-3-26-20(24)17-15(13-7-9-14(25-2)10-8-13)12-27-19(17)22-18(23)16-6-4-5-11-21-16/h4-12H,3H2,1-2H3,(H,22,23). The number of hydrogen-bond donors (Lipinski definition) is 1. The van der Waals surface area contributed by atoms with E-state index in [0.717, 1.165) is 11.3 Å². The van der Waals surface area contributed by atoms with Gasteiger partial charge >= 0.3 is 5.97 Å². The van der Waals surface area contributed by atoms with Crippen LogP contribution in [0.4, 0.5) is 5.00 Å². The summed E-state index contributed by atoms with van der Waals surface area (Å²) in [6.45, 7) is 1.98. The fourth-order valence-electron chi connectivity index (χ4n) is 2.50. The van der Waals surface area contributed by atoms with Crippen molar-refractivity contribution in [1.29, 1.82) is 0 Å². The van der Waals surface area contributed by atoms with Gasteiger partial charge in [-0.2, -0.15) is 0 Å². The van der Waals surface area contributed by atoms with Crippen molar-refractivity contribution in [1.82, 2.24) is 4.98 Å². The van der Waals surface area contributed by atoms with Crippen LogP contribution in [0.3, 0.4) is 0 Å². The van der Waals surface area contributed by atoms with Crippen molar-refractivity contribution in [3.05, 3.63) is 65.3 Å². The van der Waals surface area contributed by atoms with Gasteiger partial charge in [0.15, 0.2) is 0 Å². The van der Waals surface area contributed by atoms with E-state index < -0.39 is 5.97 Å². The molecule has 0 radical (unpaired) electrons. The van der Waals surface area contributed by atoms with Gasteiger partial charge in [-0.15, -0.1) is 11.3 Å². The Hall–Kier alpha value is -3.19. The molecule has 2 aromatic heterocycles. The van der Waals surface area contributed by atoms with Crippen molar-refractivity contribution in [3.8, 4) is 16.9 Å². The van der Waals surface area contributed by atoms with Crippen LogP contribution in [0.25, 0.3) is 11.1 Å². The van der Waals surface area contributed by atoms with Gasteiger partial charge in [0, 0.05) is 17.1 Å². The predicted molar refractivity (Wildman–Crippen MR) is 104 cm³/mol. The number of rotatable bonds is 6. The summed E-state index contributed by atoms with van der Waals surface area (Å²) in [5.74, 6) is -0.152. The number of esters is 1. The quantitative estimate of drug-likeness (QED) is 0.645. The number of ether oxygens (including phenoxy) is 2. The van der Waals surface area contributed by atoms with Crippen LogP contribution in [0.1, 0.15) is 27.8 Å². The summed E-state index contributed by atoms with van der Waals surface area (Å²) in [4.78, 5) is 29.0. The predicted octanol–water partition coefficient (Wildman–Crippen LogP) is 4.25. The minimum Gasteiger partial charge on any atom is -0.497 e. The van der Waals surface area contributed by atoms with Gasteiger partial charge in [-0.1, -0.05) is 18.2 Å². The highest BCUT2D eigenvalue weighted by Gasteiger charge is 2.23. The van der Waals surface area contributed by atoms with E-state index in [0.29, 0.717) is 16.1 Å². The molecule has 0 spiro atoms. The van der Waals surface area contributed by atoms with E-state index in [4.69, 9.17) is 9.47 Å². The van der Waals surface area contributed by atoms with E-state index in [2.05, 4.69) is 10.3 Å². The van der Waals surface area contributed by atoms with Gasteiger partial charge in [-0.05, 0) is 36.8 Å². The van der Waals surface area contributed by atoms with Crippen molar-refractivity contribution < 1.29 is 19.1 Å². The topological polar surface area (TPSA) is 77.5 Å². The zero-order valence-corrected chi connectivity index (χ0v) is 15.7. The number of benzene rings is 1. The molecule has 3 aromatic rings. The Morgan fingerprint density at radius 2 is 1.93 bits per heavy atom. The number of anilines is 1. The minimum absolute atomic E-state index is 0.240. The van der Waals surface area contributed by atoms with E-state index in [-0.39, 0.29) is 18.2 Å². The summed E-state index contributed by atoms with van der Waals surface area (Å²) in [5.41, 5.74) is 2.12. The fourth-order valence-corrected chi connectivity index (χ4v) is 3.46. The second-order valence-electron chi connectivity index (χ2n) is 5.47. The van der Waals surface area contributed by atoms with E-state index >= 15 is 0 Å². The van der Waals surface area contributed by atoms with Crippen LogP contribution in [0.15, 0.2) is 54.0 Å². The lowest BCUT2D eigenvalue weighted by Gasteiger charge is -2.09. The molecule has 1 amide bonds.